The molecule has 1 aliphatic carbocycles. The fraction of sp³-hybridized carbons (Fsp3) is 0.200. The summed E-state index contributed by atoms with van der Waals surface area (Å²) in [5.74, 6) is 1.45. The van der Waals surface area contributed by atoms with Gasteiger partial charge in [-0.3, -0.25) is 4.79 Å². The Bertz CT molecular complexity index is 1290. The summed E-state index contributed by atoms with van der Waals surface area (Å²) in [5, 5.41) is 1.22. The van der Waals surface area contributed by atoms with Crippen LogP contribution in [0, 0.1) is 0 Å². The number of hydrogen-bond donors (Lipinski definition) is 1. The van der Waals surface area contributed by atoms with Crippen LogP contribution in [0.1, 0.15) is 40.9 Å². The zero-order chi connectivity index (χ0) is 21.5. The third-order valence-corrected chi connectivity index (χ3v) is 6.08. The van der Waals surface area contributed by atoms with Crippen LogP contribution in [0.2, 0.25) is 5.02 Å². The van der Waals surface area contributed by atoms with E-state index in [0.29, 0.717) is 58.3 Å². The van der Waals surface area contributed by atoms with Crippen molar-refractivity contribution in [3.05, 3.63) is 76.4 Å². The summed E-state index contributed by atoms with van der Waals surface area (Å²) in [5.41, 5.74) is 10.3. The lowest BCUT2D eigenvalue weighted by atomic mass is 9.81. The molecule has 1 unspecified atom stereocenters. The molecular formula is C25H21ClN2O3. The van der Waals surface area contributed by atoms with E-state index in [-0.39, 0.29) is 11.7 Å². The number of ether oxygens (including phenoxy) is 1. The van der Waals surface area contributed by atoms with E-state index in [0.717, 1.165) is 16.9 Å². The van der Waals surface area contributed by atoms with E-state index in [1.54, 1.807) is 6.07 Å². The molecule has 0 fully saturated rings. The summed E-state index contributed by atoms with van der Waals surface area (Å²) in [4.78, 5) is 17.7. The number of hydrogen-bond acceptors (Lipinski definition) is 5. The number of furan rings is 1. The Morgan fingerprint density at radius 3 is 2.68 bits per heavy atom. The number of benzene rings is 2. The van der Waals surface area contributed by atoms with Crippen molar-refractivity contribution in [2.75, 3.05) is 12.3 Å². The summed E-state index contributed by atoms with van der Waals surface area (Å²) < 4.78 is 11.5. The molecule has 1 aliphatic rings. The quantitative estimate of drug-likeness (QED) is 0.425. The third-order valence-electron chi connectivity index (χ3n) is 5.75. The van der Waals surface area contributed by atoms with Crippen molar-refractivity contribution in [3.8, 4) is 17.1 Å². The average molecular weight is 433 g/mol. The molecule has 1 atom stereocenters. The molecule has 2 N–H and O–H groups in total. The van der Waals surface area contributed by atoms with Crippen LogP contribution in [0.5, 0.6) is 5.75 Å². The van der Waals surface area contributed by atoms with E-state index in [2.05, 4.69) is 0 Å². The van der Waals surface area contributed by atoms with Crippen molar-refractivity contribution in [3.63, 3.8) is 0 Å². The van der Waals surface area contributed by atoms with Gasteiger partial charge in [0.2, 0.25) is 5.71 Å². The number of anilines is 1. The molecule has 0 aliphatic heterocycles. The van der Waals surface area contributed by atoms with Crippen LogP contribution in [-0.2, 0) is 6.42 Å². The Hall–Kier alpha value is -3.31. The molecule has 5 rings (SSSR count). The van der Waals surface area contributed by atoms with Gasteiger partial charge in [0, 0.05) is 12.0 Å². The van der Waals surface area contributed by atoms with Gasteiger partial charge >= 0.3 is 0 Å². The second-order valence-corrected chi connectivity index (χ2v) is 8.09. The molecule has 2 aromatic heterocycles. The number of pyridine rings is 1. The molecule has 5 nitrogen and oxygen atoms in total. The molecule has 31 heavy (non-hydrogen) atoms. The van der Waals surface area contributed by atoms with Crippen molar-refractivity contribution >= 4 is 34.2 Å². The maximum absolute atomic E-state index is 13.0. The third kappa shape index (κ3) is 3.45. The van der Waals surface area contributed by atoms with Gasteiger partial charge in [0.25, 0.3) is 0 Å². The Morgan fingerprint density at radius 1 is 1.16 bits per heavy atom. The Balaban J connectivity index is 1.54. The number of aromatic nitrogens is 1. The lowest BCUT2D eigenvalue weighted by molar-refractivity contribution is 0.0964. The van der Waals surface area contributed by atoms with Crippen LogP contribution in [-0.4, -0.2) is 17.4 Å². The van der Waals surface area contributed by atoms with Crippen LogP contribution < -0.4 is 10.5 Å². The van der Waals surface area contributed by atoms with Gasteiger partial charge in [-0.05, 0) is 55.2 Å². The number of Topliss-reactive ketones (excluding diaryl/α,β-unsaturated/α-hetero) is 1. The summed E-state index contributed by atoms with van der Waals surface area (Å²) in [6.07, 6.45) is 1.02. The first-order valence-corrected chi connectivity index (χ1v) is 10.7. The molecule has 0 saturated heterocycles. The fourth-order valence-electron chi connectivity index (χ4n) is 4.25. The number of nitrogen functional groups attached to an aromatic ring is 1. The molecule has 0 spiro atoms. The van der Waals surface area contributed by atoms with E-state index in [4.69, 9.17) is 31.5 Å². The highest BCUT2D eigenvalue weighted by Gasteiger charge is 2.31. The zero-order valence-corrected chi connectivity index (χ0v) is 17.8. The largest absolute Gasteiger partial charge is 0.494 e. The summed E-state index contributed by atoms with van der Waals surface area (Å²) >= 11 is 6.32. The maximum Gasteiger partial charge on any atom is 0.229 e. The van der Waals surface area contributed by atoms with Crippen LogP contribution in [0.25, 0.3) is 22.4 Å². The van der Waals surface area contributed by atoms with Gasteiger partial charge in [0.05, 0.1) is 34.0 Å². The number of carbonyl (C=O) groups excluding carboxylic acids is 1. The van der Waals surface area contributed by atoms with Crippen LogP contribution in [0.3, 0.4) is 0 Å². The molecule has 0 radical (unpaired) electrons. The Kier molecular flexibility index (Phi) is 4.91. The van der Waals surface area contributed by atoms with Crippen LogP contribution in [0.4, 0.5) is 5.69 Å². The number of carbonyl (C=O) groups is 1. The number of halogens is 1. The van der Waals surface area contributed by atoms with E-state index in [1.165, 1.54) is 0 Å². The lowest BCUT2D eigenvalue weighted by Crippen LogP contribution is -2.21. The van der Waals surface area contributed by atoms with E-state index in [1.807, 2.05) is 55.5 Å². The van der Waals surface area contributed by atoms with E-state index >= 15 is 0 Å². The minimum atomic E-state index is 0.00697. The van der Waals surface area contributed by atoms with E-state index < -0.39 is 0 Å². The highest BCUT2D eigenvalue weighted by Crippen LogP contribution is 2.40. The van der Waals surface area contributed by atoms with Gasteiger partial charge < -0.3 is 14.9 Å². The van der Waals surface area contributed by atoms with Gasteiger partial charge in [-0.2, -0.15) is 0 Å². The standard InChI is InChI=1S/C25H21ClN2O3/c1-2-30-16-9-7-14(8-10-16)15-11-20-23(21(29)12-15)24(27)18-13-22(31-25(18)28-20)17-5-3-4-6-19(17)26/h3-10,13,15H,2,11-12H2,1H3,(H2,27,28). The van der Waals surface area contributed by atoms with E-state index in [9.17, 15) is 4.79 Å². The topological polar surface area (TPSA) is 78.3 Å². The monoisotopic (exact) mass is 432 g/mol. The lowest BCUT2D eigenvalue weighted by Gasteiger charge is -2.24. The molecular weight excluding hydrogens is 412 g/mol. The maximum atomic E-state index is 13.0. The SMILES string of the molecule is CCOc1ccc(C2CC(=O)c3c(nc4oc(-c5ccccc5Cl)cc4c3N)C2)cc1. The Morgan fingerprint density at radius 2 is 1.94 bits per heavy atom. The minimum absolute atomic E-state index is 0.00697. The van der Waals surface area contributed by atoms with Crippen molar-refractivity contribution in [1.29, 1.82) is 0 Å². The second kappa shape index (κ2) is 7.75. The number of fused-ring (bicyclic) bond motifs is 2. The van der Waals surface area contributed by atoms with Crippen molar-refractivity contribution < 1.29 is 13.9 Å². The average Bonchev–Trinajstić information content (AvgIpc) is 3.19. The fourth-order valence-corrected chi connectivity index (χ4v) is 4.48. The van der Waals surface area contributed by atoms with Gasteiger partial charge in [-0.15, -0.1) is 0 Å². The highest BCUT2D eigenvalue weighted by molar-refractivity contribution is 6.33. The molecule has 6 heteroatoms. The first kappa shape index (κ1) is 19.6. The normalized spacial score (nSPS) is 15.8. The Labute approximate surface area is 184 Å². The second-order valence-electron chi connectivity index (χ2n) is 7.69. The van der Waals surface area contributed by atoms with Crippen LogP contribution >= 0.6 is 11.6 Å². The molecule has 4 aromatic rings. The molecule has 2 heterocycles. The molecule has 0 amide bonds. The van der Waals surface area contributed by atoms with Crippen molar-refractivity contribution in [1.82, 2.24) is 4.98 Å². The van der Waals surface area contributed by atoms with Crippen molar-refractivity contribution in [2.24, 2.45) is 0 Å². The first-order valence-electron chi connectivity index (χ1n) is 10.3. The first-order chi connectivity index (χ1) is 15.0. The summed E-state index contributed by atoms with van der Waals surface area (Å²) in [7, 11) is 0. The number of nitrogens with two attached hydrogens (primary N) is 1. The predicted octanol–water partition coefficient (Wildman–Crippen LogP) is 6.04. The zero-order valence-electron chi connectivity index (χ0n) is 17.0. The van der Waals surface area contributed by atoms with Crippen LogP contribution in [0.15, 0.2) is 59.0 Å². The van der Waals surface area contributed by atoms with Gasteiger partial charge in [-0.1, -0.05) is 35.9 Å². The number of nitrogens with zero attached hydrogens (tertiary/aromatic N) is 1. The molecule has 0 bridgehead atoms. The number of ketones is 1. The van der Waals surface area contributed by atoms with Gasteiger partial charge in [-0.25, -0.2) is 4.98 Å². The number of rotatable bonds is 4. The van der Waals surface area contributed by atoms with Crippen molar-refractivity contribution in [2.45, 2.75) is 25.7 Å². The summed E-state index contributed by atoms with van der Waals surface area (Å²) in [6, 6.07) is 17.1. The predicted molar refractivity (Wildman–Crippen MR) is 122 cm³/mol. The smallest absolute Gasteiger partial charge is 0.229 e. The summed E-state index contributed by atoms with van der Waals surface area (Å²) in [6.45, 7) is 2.57. The molecule has 156 valence electrons. The minimum Gasteiger partial charge on any atom is -0.494 e. The molecule has 0 saturated carbocycles. The van der Waals surface area contributed by atoms with Gasteiger partial charge in [0.15, 0.2) is 5.78 Å². The van der Waals surface area contributed by atoms with Gasteiger partial charge in [0.1, 0.15) is 11.5 Å². The molecule has 2 aromatic carbocycles. The highest BCUT2D eigenvalue weighted by atomic mass is 35.5.